The molecule has 3 aliphatic heterocycles. The van der Waals surface area contributed by atoms with Crippen LogP contribution in [0.15, 0.2) is 79.4 Å². The number of hydrogen-bond donors (Lipinski definition) is 1. The summed E-state index contributed by atoms with van der Waals surface area (Å²) < 4.78 is 18.1. The Balaban J connectivity index is 1.50. The lowest BCUT2D eigenvalue weighted by molar-refractivity contribution is -0.146. The molecule has 3 aliphatic rings. The third-order valence-corrected chi connectivity index (χ3v) is 13.9. The van der Waals surface area contributed by atoms with Gasteiger partial charge in [-0.3, -0.25) is 14.5 Å². The Morgan fingerprint density at radius 3 is 2.53 bits per heavy atom. The van der Waals surface area contributed by atoms with E-state index < -0.39 is 13.7 Å². The van der Waals surface area contributed by atoms with Crippen LogP contribution in [0.4, 0.5) is 17.1 Å². The molecule has 0 bridgehead atoms. The van der Waals surface area contributed by atoms with Gasteiger partial charge in [0.25, 0.3) is 11.8 Å². The van der Waals surface area contributed by atoms with E-state index in [4.69, 9.17) is 14.2 Å². The summed E-state index contributed by atoms with van der Waals surface area (Å²) in [5.74, 6) is 0.883. The van der Waals surface area contributed by atoms with Crippen LogP contribution in [0.3, 0.4) is 0 Å². The molecule has 3 aromatic rings. The van der Waals surface area contributed by atoms with Gasteiger partial charge in [-0.05, 0) is 54.4 Å². The van der Waals surface area contributed by atoms with Gasteiger partial charge in [0.05, 0.1) is 32.7 Å². The van der Waals surface area contributed by atoms with Gasteiger partial charge in [-0.25, -0.2) is 0 Å². The van der Waals surface area contributed by atoms with Crippen molar-refractivity contribution in [2.75, 3.05) is 36.7 Å². The molecule has 4 atom stereocenters. The van der Waals surface area contributed by atoms with E-state index in [-0.39, 0.29) is 42.6 Å². The molecule has 0 aliphatic carbocycles. The average molecular weight is 599 g/mol. The second-order valence-corrected chi connectivity index (χ2v) is 16.7. The number of amides is 2. The summed E-state index contributed by atoms with van der Waals surface area (Å²) in [5.41, 5.74) is 1.54. The molecule has 0 saturated carbocycles. The maximum Gasteiger partial charge on any atom is 0.269 e. The third-order valence-electron chi connectivity index (χ3n) is 9.51. The standard InChI is InChI=1S/C34H38N2O6Si/c1-6-18-35-27-16-11-23(36-28-9-7-8-10-29(28)41-21-31(36)38)20-26(27)34(33(35)39)22(2)32(30(42-34)17-19-37)43(4,5)25-14-12-24(40-3)13-15-25/h6-16,20,22,30,32,37H,1,17-19,21H2,2-5H3/t22-,30+,32-,34+/m1/s1. The minimum absolute atomic E-state index is 0.0166. The van der Waals surface area contributed by atoms with E-state index in [0.717, 1.165) is 17.0 Å². The Hall–Kier alpha value is -3.92. The lowest BCUT2D eigenvalue weighted by Crippen LogP contribution is -2.51. The molecule has 0 radical (unpaired) electrons. The molecule has 3 heterocycles. The lowest BCUT2D eigenvalue weighted by atomic mass is 9.82. The summed E-state index contributed by atoms with van der Waals surface area (Å²) in [7, 11) is -0.645. The van der Waals surface area contributed by atoms with Crippen molar-refractivity contribution in [3.63, 3.8) is 0 Å². The first-order chi connectivity index (χ1) is 20.7. The lowest BCUT2D eigenvalue weighted by Gasteiger charge is -2.37. The van der Waals surface area contributed by atoms with Gasteiger partial charge in [-0.1, -0.05) is 55.5 Å². The molecule has 1 fully saturated rings. The van der Waals surface area contributed by atoms with E-state index in [1.807, 2.05) is 54.6 Å². The summed E-state index contributed by atoms with van der Waals surface area (Å²) in [6.45, 7) is 10.8. The molecule has 224 valence electrons. The second kappa shape index (κ2) is 11.0. The smallest absolute Gasteiger partial charge is 0.269 e. The van der Waals surface area contributed by atoms with E-state index in [1.54, 1.807) is 23.0 Å². The Labute approximate surface area is 253 Å². The Morgan fingerprint density at radius 2 is 1.84 bits per heavy atom. The largest absolute Gasteiger partial charge is 0.497 e. The average Bonchev–Trinajstić information content (AvgIpc) is 3.44. The molecule has 0 unspecified atom stereocenters. The quantitative estimate of drug-likeness (QED) is 0.294. The van der Waals surface area contributed by atoms with Crippen LogP contribution in [-0.4, -0.2) is 58.0 Å². The highest BCUT2D eigenvalue weighted by Crippen LogP contribution is 2.60. The maximum absolute atomic E-state index is 14.6. The van der Waals surface area contributed by atoms with Crippen LogP contribution in [-0.2, 0) is 19.9 Å². The van der Waals surface area contributed by atoms with Crippen molar-refractivity contribution in [1.29, 1.82) is 0 Å². The number of methoxy groups -OCH3 is 1. The summed E-state index contributed by atoms with van der Waals surface area (Å²) in [6, 6.07) is 21.4. The van der Waals surface area contributed by atoms with Gasteiger partial charge in [-0.15, -0.1) is 6.58 Å². The van der Waals surface area contributed by atoms with Gasteiger partial charge in [-0.2, -0.15) is 0 Å². The molecule has 9 heteroatoms. The number of rotatable bonds is 8. The summed E-state index contributed by atoms with van der Waals surface area (Å²) in [6.07, 6.45) is 1.80. The van der Waals surface area contributed by atoms with Crippen molar-refractivity contribution in [3.05, 3.63) is 84.9 Å². The molecule has 6 rings (SSSR count). The van der Waals surface area contributed by atoms with Crippen molar-refractivity contribution < 1.29 is 28.9 Å². The Kier molecular flexibility index (Phi) is 7.44. The fourth-order valence-electron chi connectivity index (χ4n) is 7.53. The van der Waals surface area contributed by atoms with Crippen LogP contribution in [0.5, 0.6) is 11.5 Å². The summed E-state index contributed by atoms with van der Waals surface area (Å²) >= 11 is 0. The predicted molar refractivity (Wildman–Crippen MR) is 169 cm³/mol. The van der Waals surface area contributed by atoms with Crippen LogP contribution in [0.1, 0.15) is 18.9 Å². The zero-order chi connectivity index (χ0) is 30.5. The van der Waals surface area contributed by atoms with Gasteiger partial charge in [0, 0.05) is 30.3 Å². The maximum atomic E-state index is 14.6. The zero-order valence-electron chi connectivity index (χ0n) is 25.1. The predicted octanol–water partition coefficient (Wildman–Crippen LogP) is 4.88. The van der Waals surface area contributed by atoms with E-state index in [9.17, 15) is 14.7 Å². The van der Waals surface area contributed by atoms with Gasteiger partial charge in [0.1, 0.15) is 11.5 Å². The zero-order valence-corrected chi connectivity index (χ0v) is 26.1. The number of aliphatic hydroxyl groups excluding tert-OH is 1. The molecule has 1 spiro atoms. The third kappa shape index (κ3) is 4.40. The number of para-hydroxylation sites is 2. The van der Waals surface area contributed by atoms with Crippen LogP contribution in [0.25, 0.3) is 0 Å². The Morgan fingerprint density at radius 1 is 1.09 bits per heavy atom. The molecule has 43 heavy (non-hydrogen) atoms. The second-order valence-electron chi connectivity index (χ2n) is 12.1. The molecule has 8 nitrogen and oxygen atoms in total. The monoisotopic (exact) mass is 598 g/mol. The number of benzene rings is 3. The molecule has 2 amide bonds. The molecule has 0 aromatic heterocycles. The fraction of sp³-hybridized carbons (Fsp3) is 0.353. The first-order valence-corrected chi connectivity index (χ1v) is 17.8. The number of carbonyl (C=O) groups is 2. The van der Waals surface area contributed by atoms with Crippen LogP contribution < -0.4 is 24.5 Å². The van der Waals surface area contributed by atoms with Gasteiger partial charge in [0.15, 0.2) is 12.2 Å². The first kappa shape index (κ1) is 29.2. The van der Waals surface area contributed by atoms with Gasteiger partial charge >= 0.3 is 0 Å². The van der Waals surface area contributed by atoms with E-state index in [1.165, 1.54) is 5.19 Å². The van der Waals surface area contributed by atoms with Crippen LogP contribution in [0, 0.1) is 5.92 Å². The molecular weight excluding hydrogens is 560 g/mol. The number of aliphatic hydroxyl groups is 1. The number of ether oxygens (including phenoxy) is 3. The highest BCUT2D eigenvalue weighted by atomic mass is 28.3. The fourth-order valence-corrected chi connectivity index (χ4v) is 11.6. The molecule has 3 aromatic carbocycles. The highest BCUT2D eigenvalue weighted by Gasteiger charge is 2.66. The molecular formula is C34H38N2O6Si. The van der Waals surface area contributed by atoms with Gasteiger partial charge in [0.2, 0.25) is 0 Å². The van der Waals surface area contributed by atoms with Crippen LogP contribution in [0.2, 0.25) is 18.6 Å². The van der Waals surface area contributed by atoms with E-state index in [2.05, 4.69) is 38.7 Å². The number of hydrogen-bond acceptors (Lipinski definition) is 6. The van der Waals surface area contributed by atoms with E-state index in [0.29, 0.717) is 30.1 Å². The number of nitrogens with zero attached hydrogens (tertiary/aromatic N) is 2. The van der Waals surface area contributed by atoms with Crippen molar-refractivity contribution in [1.82, 2.24) is 0 Å². The van der Waals surface area contributed by atoms with Crippen molar-refractivity contribution in [3.8, 4) is 11.5 Å². The normalized spacial score (nSPS) is 24.6. The van der Waals surface area contributed by atoms with Gasteiger partial charge < -0.3 is 24.2 Å². The Bertz CT molecular complexity index is 1570. The topological polar surface area (TPSA) is 88.5 Å². The SMILES string of the molecule is C=CCN1C(=O)[C@@]2(O[C@@H](CCO)[C@H]([Si](C)(C)c3ccc(OC)cc3)[C@H]2C)c2cc(N3C(=O)COc4ccccc43)ccc21. The minimum atomic E-state index is -2.30. The highest BCUT2D eigenvalue weighted by molar-refractivity contribution is 6.91. The molecule has 1 N–H and O–H groups in total. The summed E-state index contributed by atoms with van der Waals surface area (Å²) in [5, 5.41) is 11.4. The van der Waals surface area contributed by atoms with Crippen molar-refractivity contribution in [2.24, 2.45) is 5.92 Å². The number of fused-ring (bicyclic) bond motifs is 3. The van der Waals surface area contributed by atoms with Crippen molar-refractivity contribution >= 4 is 42.1 Å². The van der Waals surface area contributed by atoms with E-state index >= 15 is 0 Å². The number of carbonyl (C=O) groups excluding carboxylic acids is 2. The minimum Gasteiger partial charge on any atom is -0.497 e. The first-order valence-electron chi connectivity index (χ1n) is 14.7. The number of anilines is 3. The summed E-state index contributed by atoms with van der Waals surface area (Å²) in [4.78, 5) is 31.2. The van der Waals surface area contributed by atoms with Crippen molar-refractivity contribution in [2.45, 2.75) is 43.7 Å². The molecule has 1 saturated heterocycles. The van der Waals surface area contributed by atoms with Crippen LogP contribution >= 0.6 is 0 Å².